The molecule has 0 spiro atoms. The lowest BCUT2D eigenvalue weighted by molar-refractivity contribution is 0.703. The highest BCUT2D eigenvalue weighted by Crippen LogP contribution is 2.47. The predicted octanol–water partition coefficient (Wildman–Crippen LogP) is 2.29. The Morgan fingerprint density at radius 2 is 1.92 bits per heavy atom. The van der Waals surface area contributed by atoms with Gasteiger partial charge < -0.3 is 5.73 Å². The van der Waals surface area contributed by atoms with Crippen LogP contribution < -0.4 is 5.73 Å². The van der Waals surface area contributed by atoms with E-state index in [-0.39, 0.29) is 0 Å². The van der Waals surface area contributed by atoms with Crippen LogP contribution in [0.3, 0.4) is 0 Å². The first-order valence-corrected chi connectivity index (χ1v) is 4.96. The van der Waals surface area contributed by atoms with Crippen LogP contribution in [0.25, 0.3) is 0 Å². The maximum Gasteiger partial charge on any atom is 0.00763 e. The van der Waals surface area contributed by atoms with Gasteiger partial charge in [-0.15, -0.1) is 0 Å². The van der Waals surface area contributed by atoms with Gasteiger partial charge in [0.25, 0.3) is 0 Å². The third-order valence-electron chi connectivity index (χ3n) is 3.36. The molecule has 0 bridgehead atoms. The minimum absolute atomic E-state index is 0.346. The lowest BCUT2D eigenvalue weighted by Crippen LogP contribution is -2.19. The zero-order valence-corrected chi connectivity index (χ0v) is 8.43. The van der Waals surface area contributed by atoms with E-state index in [0.717, 1.165) is 6.54 Å². The third kappa shape index (κ3) is 1.37. The van der Waals surface area contributed by atoms with Crippen LogP contribution in [-0.2, 0) is 5.41 Å². The van der Waals surface area contributed by atoms with Crippen molar-refractivity contribution in [2.45, 2.75) is 32.1 Å². The molecule has 70 valence electrons. The SMILES string of the molecule is Cc1ccc(C2(CN)CC2)cc1C. The molecule has 1 aromatic rings. The van der Waals surface area contributed by atoms with E-state index in [9.17, 15) is 0 Å². The fourth-order valence-electron chi connectivity index (χ4n) is 1.83. The molecule has 1 aliphatic rings. The van der Waals surface area contributed by atoms with Crippen LogP contribution in [-0.4, -0.2) is 6.54 Å². The molecule has 1 heteroatoms. The van der Waals surface area contributed by atoms with Crippen molar-refractivity contribution in [1.29, 1.82) is 0 Å². The van der Waals surface area contributed by atoms with Crippen molar-refractivity contribution in [2.24, 2.45) is 5.73 Å². The van der Waals surface area contributed by atoms with Gasteiger partial charge in [0.15, 0.2) is 0 Å². The summed E-state index contributed by atoms with van der Waals surface area (Å²) in [5.74, 6) is 0. The molecule has 0 amide bonds. The van der Waals surface area contributed by atoms with Gasteiger partial charge in [-0.2, -0.15) is 0 Å². The van der Waals surface area contributed by atoms with E-state index in [1.165, 1.54) is 29.5 Å². The van der Waals surface area contributed by atoms with E-state index in [1.54, 1.807) is 0 Å². The van der Waals surface area contributed by atoms with Gasteiger partial charge in [-0.25, -0.2) is 0 Å². The van der Waals surface area contributed by atoms with E-state index in [2.05, 4.69) is 32.0 Å². The quantitative estimate of drug-likeness (QED) is 0.733. The van der Waals surface area contributed by atoms with Gasteiger partial charge in [-0.05, 0) is 43.4 Å². The number of nitrogens with two attached hydrogens (primary N) is 1. The second kappa shape index (κ2) is 2.85. The second-order valence-electron chi connectivity index (χ2n) is 4.28. The summed E-state index contributed by atoms with van der Waals surface area (Å²) in [5, 5.41) is 0. The molecule has 1 aliphatic carbocycles. The van der Waals surface area contributed by atoms with Crippen LogP contribution >= 0.6 is 0 Å². The van der Waals surface area contributed by atoms with Crippen molar-refractivity contribution in [3.05, 3.63) is 34.9 Å². The summed E-state index contributed by atoms with van der Waals surface area (Å²) in [6.45, 7) is 5.13. The average molecular weight is 175 g/mol. The molecule has 13 heavy (non-hydrogen) atoms. The fraction of sp³-hybridized carbons (Fsp3) is 0.500. The minimum atomic E-state index is 0.346. The minimum Gasteiger partial charge on any atom is -0.330 e. The standard InChI is InChI=1S/C12H17N/c1-9-3-4-11(7-10(9)2)12(8-13)5-6-12/h3-4,7H,5-6,8,13H2,1-2H3. The summed E-state index contributed by atoms with van der Waals surface area (Å²) in [7, 11) is 0. The number of rotatable bonds is 2. The summed E-state index contributed by atoms with van der Waals surface area (Å²) in [6, 6.07) is 6.75. The van der Waals surface area contributed by atoms with Gasteiger partial charge in [0, 0.05) is 12.0 Å². The van der Waals surface area contributed by atoms with Crippen molar-refractivity contribution in [1.82, 2.24) is 0 Å². The Hall–Kier alpha value is -0.820. The van der Waals surface area contributed by atoms with Gasteiger partial charge in [0.1, 0.15) is 0 Å². The molecule has 0 saturated heterocycles. The molecule has 1 saturated carbocycles. The highest BCUT2D eigenvalue weighted by molar-refractivity contribution is 5.38. The highest BCUT2D eigenvalue weighted by Gasteiger charge is 2.42. The summed E-state index contributed by atoms with van der Waals surface area (Å²) < 4.78 is 0. The first-order valence-electron chi connectivity index (χ1n) is 4.96. The summed E-state index contributed by atoms with van der Waals surface area (Å²) >= 11 is 0. The fourth-order valence-corrected chi connectivity index (χ4v) is 1.83. The Morgan fingerprint density at radius 3 is 2.38 bits per heavy atom. The maximum absolute atomic E-state index is 5.79. The summed E-state index contributed by atoms with van der Waals surface area (Å²) in [5.41, 5.74) is 10.3. The lowest BCUT2D eigenvalue weighted by atomic mass is 9.93. The lowest BCUT2D eigenvalue weighted by Gasteiger charge is -2.14. The first kappa shape index (κ1) is 8.76. The molecule has 2 N–H and O–H groups in total. The van der Waals surface area contributed by atoms with Crippen molar-refractivity contribution in [3.63, 3.8) is 0 Å². The molecule has 0 aromatic heterocycles. The van der Waals surface area contributed by atoms with Crippen molar-refractivity contribution >= 4 is 0 Å². The van der Waals surface area contributed by atoms with E-state index < -0.39 is 0 Å². The zero-order chi connectivity index (χ0) is 9.47. The number of aryl methyl sites for hydroxylation is 2. The van der Waals surface area contributed by atoms with Gasteiger partial charge in [-0.3, -0.25) is 0 Å². The van der Waals surface area contributed by atoms with Crippen molar-refractivity contribution < 1.29 is 0 Å². The Bertz CT molecular complexity index is 324. The molecule has 0 radical (unpaired) electrons. The number of benzene rings is 1. The number of hydrogen-bond donors (Lipinski definition) is 1. The van der Waals surface area contributed by atoms with Crippen molar-refractivity contribution in [2.75, 3.05) is 6.54 Å². The van der Waals surface area contributed by atoms with E-state index >= 15 is 0 Å². The Morgan fingerprint density at radius 1 is 1.23 bits per heavy atom. The maximum atomic E-state index is 5.79. The highest BCUT2D eigenvalue weighted by atomic mass is 14.7. The van der Waals surface area contributed by atoms with Crippen LogP contribution in [0.15, 0.2) is 18.2 Å². The van der Waals surface area contributed by atoms with E-state index in [1.807, 2.05) is 0 Å². The van der Waals surface area contributed by atoms with Crippen LogP contribution in [0.5, 0.6) is 0 Å². The smallest absolute Gasteiger partial charge is 0.00763 e. The van der Waals surface area contributed by atoms with Crippen molar-refractivity contribution in [3.8, 4) is 0 Å². The number of hydrogen-bond acceptors (Lipinski definition) is 1. The van der Waals surface area contributed by atoms with Crippen LogP contribution in [0.1, 0.15) is 29.5 Å². The normalized spacial score (nSPS) is 18.7. The molecule has 0 aliphatic heterocycles. The predicted molar refractivity (Wildman–Crippen MR) is 55.9 cm³/mol. The van der Waals surface area contributed by atoms with E-state index in [0.29, 0.717) is 5.41 Å². The Labute approximate surface area is 80.0 Å². The van der Waals surface area contributed by atoms with Gasteiger partial charge >= 0.3 is 0 Å². The topological polar surface area (TPSA) is 26.0 Å². The second-order valence-corrected chi connectivity index (χ2v) is 4.28. The van der Waals surface area contributed by atoms with Gasteiger partial charge in [0.05, 0.1) is 0 Å². The molecular weight excluding hydrogens is 158 g/mol. The molecule has 0 unspecified atom stereocenters. The molecule has 2 rings (SSSR count). The van der Waals surface area contributed by atoms with Crippen LogP contribution in [0, 0.1) is 13.8 Å². The monoisotopic (exact) mass is 175 g/mol. The molecular formula is C12H17N. The van der Waals surface area contributed by atoms with Crippen LogP contribution in [0.4, 0.5) is 0 Å². The van der Waals surface area contributed by atoms with Gasteiger partial charge in [0.2, 0.25) is 0 Å². The van der Waals surface area contributed by atoms with Crippen LogP contribution in [0.2, 0.25) is 0 Å². The Kier molecular flexibility index (Phi) is 1.92. The Balaban J connectivity index is 2.37. The van der Waals surface area contributed by atoms with E-state index in [4.69, 9.17) is 5.73 Å². The third-order valence-corrected chi connectivity index (χ3v) is 3.36. The van der Waals surface area contributed by atoms with Gasteiger partial charge in [-0.1, -0.05) is 18.2 Å². The molecule has 1 aromatic carbocycles. The summed E-state index contributed by atoms with van der Waals surface area (Å²) in [4.78, 5) is 0. The molecule has 1 nitrogen and oxygen atoms in total. The molecule has 0 heterocycles. The molecule has 0 atom stereocenters. The first-order chi connectivity index (χ1) is 6.18. The molecule has 1 fully saturated rings. The summed E-state index contributed by atoms with van der Waals surface area (Å²) in [6.07, 6.45) is 2.54. The largest absolute Gasteiger partial charge is 0.330 e. The zero-order valence-electron chi connectivity index (χ0n) is 8.43. The average Bonchev–Trinajstić information content (AvgIpc) is 2.90.